The Balaban J connectivity index is 2.06. The second kappa shape index (κ2) is 11.8. The Hall–Kier alpha value is -0.870. The number of benzene rings is 1. The van der Waals surface area contributed by atoms with Crippen LogP contribution in [0.3, 0.4) is 0 Å². The molecule has 4 heteroatoms. The smallest absolute Gasteiger partial charge is 0.173 e. The lowest BCUT2D eigenvalue weighted by molar-refractivity contribution is 0.102. The molecule has 1 aromatic carbocycles. The van der Waals surface area contributed by atoms with Crippen LogP contribution < -0.4 is 4.74 Å². The van der Waals surface area contributed by atoms with E-state index in [1.807, 2.05) is 24.3 Å². The highest BCUT2D eigenvalue weighted by molar-refractivity contribution is 9.09. The van der Waals surface area contributed by atoms with Crippen LogP contribution in [0.5, 0.6) is 5.75 Å². The van der Waals surface area contributed by atoms with Gasteiger partial charge in [0.2, 0.25) is 0 Å². The molecule has 21 heavy (non-hydrogen) atoms. The number of rotatable bonds is 12. The Morgan fingerprint density at radius 3 is 2.10 bits per heavy atom. The van der Waals surface area contributed by atoms with Crippen LogP contribution in [0.25, 0.3) is 0 Å². The average Bonchev–Trinajstić information content (AvgIpc) is 2.53. The third kappa shape index (κ3) is 8.22. The zero-order chi connectivity index (χ0) is 15.3. The predicted molar refractivity (Wildman–Crippen MR) is 89.6 cm³/mol. The van der Waals surface area contributed by atoms with Gasteiger partial charge in [0.15, 0.2) is 5.78 Å². The molecule has 0 aliphatic rings. The number of methoxy groups -OCH3 is 1. The lowest BCUT2D eigenvalue weighted by atomic mass is 10.1. The van der Waals surface area contributed by atoms with Crippen LogP contribution in [-0.4, -0.2) is 31.4 Å². The van der Waals surface area contributed by atoms with Crippen LogP contribution in [0.1, 0.15) is 48.9 Å². The van der Waals surface area contributed by atoms with Crippen LogP contribution >= 0.6 is 15.9 Å². The SMILES string of the molecule is COCCCCCCCCOc1ccc(C(=O)CBr)cc1. The summed E-state index contributed by atoms with van der Waals surface area (Å²) in [6.45, 7) is 1.61. The van der Waals surface area contributed by atoms with Crippen molar-refractivity contribution in [2.75, 3.05) is 25.7 Å². The number of carbonyl (C=O) groups is 1. The number of ether oxygens (including phenoxy) is 2. The van der Waals surface area contributed by atoms with Gasteiger partial charge in [-0.15, -0.1) is 0 Å². The molecule has 0 spiro atoms. The summed E-state index contributed by atoms with van der Waals surface area (Å²) in [5, 5.41) is 0.359. The summed E-state index contributed by atoms with van der Waals surface area (Å²) in [6.07, 6.45) is 7.21. The second-order valence-corrected chi connectivity index (χ2v) is 5.60. The number of ketones is 1. The molecular weight excluding hydrogens is 332 g/mol. The normalized spacial score (nSPS) is 10.6. The summed E-state index contributed by atoms with van der Waals surface area (Å²) in [6, 6.07) is 7.35. The van der Waals surface area contributed by atoms with Gasteiger partial charge >= 0.3 is 0 Å². The molecule has 0 aliphatic carbocycles. The maximum Gasteiger partial charge on any atom is 0.173 e. The molecule has 0 radical (unpaired) electrons. The molecular formula is C17H25BrO3. The van der Waals surface area contributed by atoms with Crippen molar-refractivity contribution in [3.05, 3.63) is 29.8 Å². The fraction of sp³-hybridized carbons (Fsp3) is 0.588. The Morgan fingerprint density at radius 2 is 1.52 bits per heavy atom. The van der Waals surface area contributed by atoms with Gasteiger partial charge in [-0.2, -0.15) is 0 Å². The Labute approximate surface area is 136 Å². The number of unbranched alkanes of at least 4 members (excludes halogenated alkanes) is 5. The molecule has 0 amide bonds. The van der Waals surface area contributed by atoms with Crippen molar-refractivity contribution in [2.45, 2.75) is 38.5 Å². The van der Waals surface area contributed by atoms with E-state index < -0.39 is 0 Å². The topological polar surface area (TPSA) is 35.5 Å². The van der Waals surface area contributed by atoms with Crippen LogP contribution in [0.15, 0.2) is 24.3 Å². The van der Waals surface area contributed by atoms with Crippen molar-refractivity contribution in [3.63, 3.8) is 0 Å². The van der Waals surface area contributed by atoms with Crippen molar-refractivity contribution in [3.8, 4) is 5.75 Å². The summed E-state index contributed by atoms with van der Waals surface area (Å²) in [7, 11) is 1.75. The maximum absolute atomic E-state index is 11.5. The third-order valence-corrected chi connectivity index (χ3v) is 3.82. The van der Waals surface area contributed by atoms with Gasteiger partial charge in [-0.3, -0.25) is 4.79 Å². The van der Waals surface area contributed by atoms with E-state index in [-0.39, 0.29) is 5.78 Å². The van der Waals surface area contributed by atoms with E-state index in [0.717, 1.165) is 37.4 Å². The van der Waals surface area contributed by atoms with Gasteiger partial charge in [-0.05, 0) is 37.1 Å². The van der Waals surface area contributed by atoms with Crippen molar-refractivity contribution >= 4 is 21.7 Å². The highest BCUT2D eigenvalue weighted by Gasteiger charge is 2.03. The van der Waals surface area contributed by atoms with Gasteiger partial charge in [0.05, 0.1) is 11.9 Å². The Kier molecular flexibility index (Phi) is 10.2. The minimum absolute atomic E-state index is 0.0926. The van der Waals surface area contributed by atoms with E-state index in [2.05, 4.69) is 15.9 Å². The molecule has 1 aromatic rings. The highest BCUT2D eigenvalue weighted by Crippen LogP contribution is 2.14. The lowest BCUT2D eigenvalue weighted by Gasteiger charge is -2.07. The molecule has 0 fully saturated rings. The summed E-state index contributed by atoms with van der Waals surface area (Å²) in [5.74, 6) is 0.927. The average molecular weight is 357 g/mol. The predicted octanol–water partition coefficient (Wildman–Crippen LogP) is 4.63. The molecule has 3 nitrogen and oxygen atoms in total. The third-order valence-electron chi connectivity index (χ3n) is 3.31. The molecule has 0 aromatic heterocycles. The van der Waals surface area contributed by atoms with E-state index in [9.17, 15) is 4.79 Å². The first kappa shape index (κ1) is 18.2. The molecule has 0 N–H and O–H groups in total. The first-order valence-corrected chi connectivity index (χ1v) is 8.71. The molecule has 0 bridgehead atoms. The number of halogens is 1. The molecule has 0 atom stereocenters. The fourth-order valence-corrected chi connectivity index (χ4v) is 2.38. The van der Waals surface area contributed by atoms with E-state index in [4.69, 9.17) is 9.47 Å². The van der Waals surface area contributed by atoms with Gasteiger partial charge in [-0.1, -0.05) is 41.6 Å². The second-order valence-electron chi connectivity index (χ2n) is 5.04. The van der Waals surface area contributed by atoms with Crippen LogP contribution in [-0.2, 0) is 4.74 Å². The lowest BCUT2D eigenvalue weighted by Crippen LogP contribution is -2.01. The van der Waals surface area contributed by atoms with E-state index in [1.54, 1.807) is 7.11 Å². The summed E-state index contributed by atoms with van der Waals surface area (Å²) in [4.78, 5) is 11.5. The summed E-state index contributed by atoms with van der Waals surface area (Å²) >= 11 is 3.17. The first-order chi connectivity index (χ1) is 10.3. The zero-order valence-corrected chi connectivity index (χ0v) is 14.4. The monoisotopic (exact) mass is 356 g/mol. The van der Waals surface area contributed by atoms with E-state index >= 15 is 0 Å². The minimum Gasteiger partial charge on any atom is -0.494 e. The first-order valence-electron chi connectivity index (χ1n) is 7.59. The van der Waals surface area contributed by atoms with Gasteiger partial charge in [0.1, 0.15) is 5.75 Å². The van der Waals surface area contributed by atoms with E-state index in [1.165, 1.54) is 25.7 Å². The standard InChI is InChI=1S/C17H25BrO3/c1-20-12-6-4-2-3-5-7-13-21-16-10-8-15(9-11-16)17(19)14-18/h8-11H,2-7,12-14H2,1H3. The summed E-state index contributed by atoms with van der Waals surface area (Å²) in [5.41, 5.74) is 0.718. The molecule has 0 saturated heterocycles. The maximum atomic E-state index is 11.5. The number of hydrogen-bond donors (Lipinski definition) is 0. The quantitative estimate of drug-likeness (QED) is 0.311. The van der Waals surface area contributed by atoms with Crippen molar-refractivity contribution < 1.29 is 14.3 Å². The number of hydrogen-bond acceptors (Lipinski definition) is 3. The Morgan fingerprint density at radius 1 is 0.952 bits per heavy atom. The van der Waals surface area contributed by atoms with Crippen LogP contribution in [0.2, 0.25) is 0 Å². The van der Waals surface area contributed by atoms with Crippen molar-refractivity contribution in [1.29, 1.82) is 0 Å². The van der Waals surface area contributed by atoms with Crippen LogP contribution in [0, 0.1) is 0 Å². The van der Waals surface area contributed by atoms with Gasteiger partial charge in [0.25, 0.3) is 0 Å². The molecule has 0 unspecified atom stereocenters. The number of carbonyl (C=O) groups excluding carboxylic acids is 1. The summed E-state index contributed by atoms with van der Waals surface area (Å²) < 4.78 is 10.7. The van der Waals surface area contributed by atoms with Crippen LogP contribution in [0.4, 0.5) is 0 Å². The molecule has 0 saturated carbocycles. The highest BCUT2D eigenvalue weighted by atomic mass is 79.9. The fourth-order valence-electron chi connectivity index (χ4n) is 2.06. The number of Topliss-reactive ketones (excluding diaryl/α,β-unsaturated/α-hetero) is 1. The van der Waals surface area contributed by atoms with Crippen molar-refractivity contribution in [2.24, 2.45) is 0 Å². The van der Waals surface area contributed by atoms with Gasteiger partial charge in [0, 0.05) is 19.3 Å². The Bertz CT molecular complexity index is 390. The largest absolute Gasteiger partial charge is 0.494 e. The molecule has 0 heterocycles. The van der Waals surface area contributed by atoms with Gasteiger partial charge < -0.3 is 9.47 Å². The molecule has 0 aliphatic heterocycles. The van der Waals surface area contributed by atoms with E-state index in [0.29, 0.717) is 5.33 Å². The van der Waals surface area contributed by atoms with Crippen molar-refractivity contribution in [1.82, 2.24) is 0 Å². The molecule has 118 valence electrons. The van der Waals surface area contributed by atoms with Gasteiger partial charge in [-0.25, -0.2) is 0 Å². The molecule has 1 rings (SSSR count). The minimum atomic E-state index is 0.0926. The number of alkyl halides is 1. The zero-order valence-electron chi connectivity index (χ0n) is 12.8.